The van der Waals surface area contributed by atoms with E-state index in [-0.39, 0.29) is 79.5 Å². The summed E-state index contributed by atoms with van der Waals surface area (Å²) in [7, 11) is 0. The normalized spacial score (nSPS) is 45.9. The third kappa shape index (κ3) is 7.68. The molecule has 0 saturated carbocycles. The Hall–Kier alpha value is -0.360. The Balaban J connectivity index is 0.00000507. The number of aliphatic hydroxyl groups is 3. The molecule has 3 saturated heterocycles. The van der Waals surface area contributed by atoms with Crippen LogP contribution in [-0.2, 0) is 23.7 Å². The summed E-state index contributed by atoms with van der Waals surface area (Å²) < 4.78 is 30.7. The zero-order chi connectivity index (χ0) is 27.3. The molecule has 0 spiro atoms. The minimum atomic E-state index is -0.309. The lowest BCUT2D eigenvalue weighted by Gasteiger charge is -2.45. The monoisotopic (exact) mass is 548 g/mol. The lowest BCUT2D eigenvalue weighted by atomic mass is 9.75. The highest BCUT2D eigenvalue weighted by molar-refractivity contribution is 4.90. The standard InChI is InChI=1S/C29H54O8.H2O/c1-16-11-35-26(9-31)23(17(16)2)12-33-15-29-22(7)19(4)24(27(10-32)37-29)13-34-14-28-21(6)18(3)20(5)25(8-30)36-28;/h16-32H,8-15H2,1-7H3;1H2. The molecule has 38 heavy (non-hydrogen) atoms. The predicted octanol–water partition coefficient (Wildman–Crippen LogP) is 1.79. The smallest absolute Gasteiger partial charge is 0.0863 e. The molecule has 0 bridgehead atoms. The van der Waals surface area contributed by atoms with Gasteiger partial charge >= 0.3 is 0 Å². The quantitative estimate of drug-likeness (QED) is 0.355. The zero-order valence-electron chi connectivity index (χ0n) is 24.6. The fraction of sp³-hybridized carbons (Fsp3) is 1.00. The van der Waals surface area contributed by atoms with Gasteiger partial charge in [-0.2, -0.15) is 0 Å². The molecular weight excluding hydrogens is 492 g/mol. The molecule has 3 aliphatic rings. The van der Waals surface area contributed by atoms with Crippen LogP contribution in [0.5, 0.6) is 0 Å². The Labute approximate surface area is 229 Å². The topological polar surface area (TPSA) is 138 Å². The summed E-state index contributed by atoms with van der Waals surface area (Å²) >= 11 is 0. The molecule has 3 aliphatic heterocycles. The molecule has 5 N–H and O–H groups in total. The highest BCUT2D eigenvalue weighted by Gasteiger charge is 2.43. The van der Waals surface area contributed by atoms with Crippen LogP contribution in [0.3, 0.4) is 0 Å². The summed E-state index contributed by atoms with van der Waals surface area (Å²) in [5, 5.41) is 29.6. The molecule has 3 fully saturated rings. The van der Waals surface area contributed by atoms with Gasteiger partial charge in [0.15, 0.2) is 0 Å². The third-order valence-electron chi connectivity index (χ3n) is 10.4. The van der Waals surface area contributed by atoms with Crippen LogP contribution in [0.15, 0.2) is 0 Å². The number of hydrogen-bond donors (Lipinski definition) is 3. The minimum absolute atomic E-state index is 0. The lowest BCUT2D eigenvalue weighted by Crippen LogP contribution is -2.51. The highest BCUT2D eigenvalue weighted by Crippen LogP contribution is 2.38. The van der Waals surface area contributed by atoms with Crippen molar-refractivity contribution < 1.29 is 44.5 Å². The Morgan fingerprint density at radius 1 is 0.526 bits per heavy atom. The van der Waals surface area contributed by atoms with E-state index < -0.39 is 0 Å². The number of aliphatic hydroxyl groups excluding tert-OH is 3. The molecule has 0 aliphatic carbocycles. The van der Waals surface area contributed by atoms with Crippen molar-refractivity contribution in [3.8, 4) is 0 Å². The van der Waals surface area contributed by atoms with Crippen LogP contribution in [0.2, 0.25) is 0 Å². The fourth-order valence-corrected chi connectivity index (χ4v) is 6.57. The predicted molar refractivity (Wildman–Crippen MR) is 145 cm³/mol. The van der Waals surface area contributed by atoms with Gasteiger partial charge in [0.05, 0.1) is 76.8 Å². The largest absolute Gasteiger partial charge is 0.412 e. The molecule has 0 aromatic heterocycles. The second-order valence-electron chi connectivity index (χ2n) is 12.4. The van der Waals surface area contributed by atoms with Gasteiger partial charge < -0.3 is 44.5 Å². The molecule has 0 aromatic rings. The summed E-state index contributed by atoms with van der Waals surface area (Å²) in [5.74, 6) is 2.71. The molecule has 0 amide bonds. The van der Waals surface area contributed by atoms with Gasteiger partial charge in [-0.25, -0.2) is 0 Å². The molecule has 9 nitrogen and oxygen atoms in total. The molecule has 3 rings (SSSR count). The SMILES string of the molecule is CC1COC(CO)C(COCC2OC(CO)C(COCC3OC(CO)C(C)C(C)C3C)C(C)C2C)C1C.O. The molecule has 14 atom stereocenters. The van der Waals surface area contributed by atoms with E-state index in [0.717, 1.165) is 0 Å². The van der Waals surface area contributed by atoms with Crippen LogP contribution >= 0.6 is 0 Å². The van der Waals surface area contributed by atoms with E-state index in [0.29, 0.717) is 62.6 Å². The summed E-state index contributed by atoms with van der Waals surface area (Å²) in [6.45, 7) is 18.0. The lowest BCUT2D eigenvalue weighted by molar-refractivity contribution is -0.198. The average molecular weight is 549 g/mol. The van der Waals surface area contributed by atoms with Crippen LogP contribution in [0.1, 0.15) is 48.5 Å². The van der Waals surface area contributed by atoms with Crippen LogP contribution in [0.25, 0.3) is 0 Å². The van der Waals surface area contributed by atoms with Crippen LogP contribution in [-0.4, -0.2) is 104 Å². The van der Waals surface area contributed by atoms with Crippen molar-refractivity contribution in [1.29, 1.82) is 0 Å². The van der Waals surface area contributed by atoms with Crippen molar-refractivity contribution in [2.24, 2.45) is 53.3 Å². The highest BCUT2D eigenvalue weighted by atomic mass is 16.6. The van der Waals surface area contributed by atoms with E-state index >= 15 is 0 Å². The first-order valence-electron chi connectivity index (χ1n) is 14.5. The van der Waals surface area contributed by atoms with E-state index in [9.17, 15) is 15.3 Å². The maximum atomic E-state index is 10.1. The van der Waals surface area contributed by atoms with E-state index in [1.54, 1.807) is 0 Å². The van der Waals surface area contributed by atoms with Gasteiger partial charge in [-0.05, 0) is 41.4 Å². The molecule has 14 unspecified atom stereocenters. The third-order valence-corrected chi connectivity index (χ3v) is 10.4. The van der Waals surface area contributed by atoms with E-state index in [2.05, 4.69) is 48.5 Å². The Bertz CT molecular complexity index is 660. The maximum absolute atomic E-state index is 10.1. The van der Waals surface area contributed by atoms with Gasteiger partial charge in [0, 0.05) is 18.4 Å². The Morgan fingerprint density at radius 2 is 0.974 bits per heavy atom. The van der Waals surface area contributed by atoms with Crippen molar-refractivity contribution in [3.05, 3.63) is 0 Å². The van der Waals surface area contributed by atoms with Gasteiger partial charge in [0.1, 0.15) is 0 Å². The van der Waals surface area contributed by atoms with Gasteiger partial charge in [0.25, 0.3) is 0 Å². The first kappa shape index (κ1) is 33.8. The molecule has 9 heteroatoms. The van der Waals surface area contributed by atoms with Gasteiger partial charge in [-0.1, -0.05) is 48.5 Å². The van der Waals surface area contributed by atoms with Crippen LogP contribution in [0.4, 0.5) is 0 Å². The molecule has 0 aromatic carbocycles. The summed E-state index contributed by atoms with van der Waals surface area (Å²) in [6, 6.07) is 0. The van der Waals surface area contributed by atoms with Crippen molar-refractivity contribution in [2.75, 3.05) is 52.9 Å². The molecule has 3 heterocycles. The van der Waals surface area contributed by atoms with Crippen molar-refractivity contribution in [3.63, 3.8) is 0 Å². The first-order valence-corrected chi connectivity index (χ1v) is 14.5. The van der Waals surface area contributed by atoms with Crippen molar-refractivity contribution in [2.45, 2.75) is 79.0 Å². The Morgan fingerprint density at radius 3 is 1.50 bits per heavy atom. The maximum Gasteiger partial charge on any atom is 0.0863 e. The summed E-state index contributed by atoms with van der Waals surface area (Å²) in [5.41, 5.74) is 0. The Kier molecular flexibility index (Phi) is 13.9. The number of hydrogen-bond acceptors (Lipinski definition) is 8. The second-order valence-corrected chi connectivity index (χ2v) is 12.4. The van der Waals surface area contributed by atoms with Crippen LogP contribution in [0, 0.1) is 53.3 Å². The summed E-state index contributed by atoms with van der Waals surface area (Å²) in [6.07, 6.45) is -0.803. The van der Waals surface area contributed by atoms with E-state index in [4.69, 9.17) is 23.7 Å². The number of rotatable bonds is 11. The molecule has 226 valence electrons. The van der Waals surface area contributed by atoms with Crippen molar-refractivity contribution >= 4 is 0 Å². The van der Waals surface area contributed by atoms with Gasteiger partial charge in [-0.15, -0.1) is 0 Å². The number of ether oxygens (including phenoxy) is 5. The molecule has 0 radical (unpaired) electrons. The minimum Gasteiger partial charge on any atom is -0.412 e. The van der Waals surface area contributed by atoms with Gasteiger partial charge in [0.2, 0.25) is 0 Å². The van der Waals surface area contributed by atoms with E-state index in [1.165, 1.54) is 0 Å². The second kappa shape index (κ2) is 15.6. The summed E-state index contributed by atoms with van der Waals surface area (Å²) in [4.78, 5) is 0. The average Bonchev–Trinajstić information content (AvgIpc) is 2.89. The van der Waals surface area contributed by atoms with Gasteiger partial charge in [-0.3, -0.25) is 0 Å². The fourth-order valence-electron chi connectivity index (χ4n) is 6.57. The van der Waals surface area contributed by atoms with Crippen molar-refractivity contribution in [1.82, 2.24) is 0 Å². The zero-order valence-corrected chi connectivity index (χ0v) is 24.6. The first-order chi connectivity index (χ1) is 17.6. The molecular formula is C29H56O9. The van der Waals surface area contributed by atoms with E-state index in [1.807, 2.05) is 0 Å². The van der Waals surface area contributed by atoms with Crippen LogP contribution < -0.4 is 0 Å².